The summed E-state index contributed by atoms with van der Waals surface area (Å²) in [5, 5.41) is 0. The second-order valence-electron chi connectivity index (χ2n) is 4.48. The number of carbonyl (C=O) groups excluding carboxylic acids is 1. The summed E-state index contributed by atoms with van der Waals surface area (Å²) in [5.41, 5.74) is 2.74. The van der Waals surface area contributed by atoms with Gasteiger partial charge in [-0.15, -0.1) is 0 Å². The van der Waals surface area contributed by atoms with Crippen LogP contribution in [0.3, 0.4) is 0 Å². The summed E-state index contributed by atoms with van der Waals surface area (Å²) in [6.45, 7) is 3.89. The van der Waals surface area contributed by atoms with Gasteiger partial charge in [-0.1, -0.05) is 12.8 Å². The number of aryl methyl sites for hydroxylation is 2. The van der Waals surface area contributed by atoms with Gasteiger partial charge in [-0.05, 0) is 38.8 Å². The smallest absolute Gasteiger partial charge is 0.166 e. The highest BCUT2D eigenvalue weighted by Gasteiger charge is 2.23. The Morgan fingerprint density at radius 3 is 2.27 bits per heavy atom. The molecule has 2 nitrogen and oxygen atoms in total. The van der Waals surface area contributed by atoms with Crippen LogP contribution in [0.15, 0.2) is 12.1 Å². The Morgan fingerprint density at radius 2 is 1.73 bits per heavy atom. The number of pyridine rings is 1. The largest absolute Gasteiger partial charge is 0.294 e. The molecule has 1 heterocycles. The third-order valence-electron chi connectivity index (χ3n) is 3.09. The standard InChI is InChI=1S/C13H17NO/c1-9-7-12(8-10(2)14-9)13(15)11-5-3-4-6-11/h7-8,11H,3-6H2,1-2H3. The molecule has 15 heavy (non-hydrogen) atoms. The summed E-state index contributed by atoms with van der Waals surface area (Å²) in [6, 6.07) is 3.82. The number of aromatic nitrogens is 1. The van der Waals surface area contributed by atoms with Crippen molar-refractivity contribution in [3.8, 4) is 0 Å². The van der Waals surface area contributed by atoms with Crippen LogP contribution in [-0.4, -0.2) is 10.8 Å². The van der Waals surface area contributed by atoms with E-state index in [0.717, 1.165) is 29.8 Å². The SMILES string of the molecule is Cc1cc(C(=O)C2CCCC2)cc(C)n1. The fraction of sp³-hybridized carbons (Fsp3) is 0.538. The van der Waals surface area contributed by atoms with Gasteiger partial charge in [-0.25, -0.2) is 0 Å². The van der Waals surface area contributed by atoms with Crippen molar-refractivity contribution in [2.45, 2.75) is 39.5 Å². The van der Waals surface area contributed by atoms with Gasteiger partial charge >= 0.3 is 0 Å². The van der Waals surface area contributed by atoms with Gasteiger partial charge in [0.1, 0.15) is 0 Å². The minimum absolute atomic E-state index is 0.270. The zero-order valence-electron chi connectivity index (χ0n) is 9.42. The van der Waals surface area contributed by atoms with Gasteiger partial charge in [0.15, 0.2) is 5.78 Å². The molecule has 1 aliphatic carbocycles. The quantitative estimate of drug-likeness (QED) is 0.691. The summed E-state index contributed by atoms with van der Waals surface area (Å²) in [6.07, 6.45) is 4.55. The monoisotopic (exact) mass is 203 g/mol. The summed E-state index contributed by atoms with van der Waals surface area (Å²) in [5.74, 6) is 0.590. The van der Waals surface area contributed by atoms with Crippen LogP contribution < -0.4 is 0 Å². The van der Waals surface area contributed by atoms with E-state index in [0.29, 0.717) is 5.78 Å². The lowest BCUT2D eigenvalue weighted by Gasteiger charge is -2.08. The Kier molecular flexibility index (Phi) is 2.85. The van der Waals surface area contributed by atoms with E-state index in [2.05, 4.69) is 4.98 Å². The molecule has 0 bridgehead atoms. The van der Waals surface area contributed by atoms with E-state index < -0.39 is 0 Å². The Morgan fingerprint density at radius 1 is 1.20 bits per heavy atom. The van der Waals surface area contributed by atoms with Crippen molar-refractivity contribution >= 4 is 5.78 Å². The fourth-order valence-electron chi connectivity index (χ4n) is 2.40. The highest BCUT2D eigenvalue weighted by atomic mass is 16.1. The molecule has 2 rings (SSSR count). The van der Waals surface area contributed by atoms with E-state index in [1.807, 2.05) is 26.0 Å². The lowest BCUT2D eigenvalue weighted by molar-refractivity contribution is 0.0922. The van der Waals surface area contributed by atoms with Crippen molar-refractivity contribution in [2.75, 3.05) is 0 Å². The van der Waals surface area contributed by atoms with Gasteiger partial charge in [-0.3, -0.25) is 9.78 Å². The number of rotatable bonds is 2. The van der Waals surface area contributed by atoms with Crippen LogP contribution in [0.2, 0.25) is 0 Å². The lowest BCUT2D eigenvalue weighted by Crippen LogP contribution is -2.11. The lowest BCUT2D eigenvalue weighted by atomic mass is 9.96. The molecule has 0 aliphatic heterocycles. The Labute approximate surface area is 90.7 Å². The first kappa shape index (κ1) is 10.3. The minimum atomic E-state index is 0.270. The molecule has 0 saturated heterocycles. The van der Waals surface area contributed by atoms with Crippen molar-refractivity contribution < 1.29 is 4.79 Å². The number of hydrogen-bond acceptors (Lipinski definition) is 2. The number of nitrogens with zero attached hydrogens (tertiary/aromatic N) is 1. The molecule has 1 aromatic heterocycles. The van der Waals surface area contributed by atoms with Gasteiger partial charge in [0.05, 0.1) is 0 Å². The van der Waals surface area contributed by atoms with Gasteiger partial charge in [0.2, 0.25) is 0 Å². The first-order valence-corrected chi connectivity index (χ1v) is 5.66. The van der Waals surface area contributed by atoms with Crippen LogP contribution in [0.4, 0.5) is 0 Å². The average molecular weight is 203 g/mol. The number of carbonyl (C=O) groups is 1. The van der Waals surface area contributed by atoms with Gasteiger partial charge in [0.25, 0.3) is 0 Å². The maximum Gasteiger partial charge on any atom is 0.166 e. The molecule has 0 radical (unpaired) electrons. The molecule has 1 fully saturated rings. The topological polar surface area (TPSA) is 30.0 Å². The van der Waals surface area contributed by atoms with Crippen molar-refractivity contribution in [1.82, 2.24) is 4.98 Å². The highest BCUT2D eigenvalue weighted by molar-refractivity contribution is 5.98. The van der Waals surface area contributed by atoms with Crippen molar-refractivity contribution in [3.63, 3.8) is 0 Å². The first-order valence-electron chi connectivity index (χ1n) is 5.66. The molecule has 1 saturated carbocycles. The minimum Gasteiger partial charge on any atom is -0.294 e. The summed E-state index contributed by atoms with van der Waals surface area (Å²) < 4.78 is 0. The predicted molar refractivity (Wildman–Crippen MR) is 60.0 cm³/mol. The number of ketones is 1. The fourth-order valence-corrected chi connectivity index (χ4v) is 2.40. The van der Waals surface area contributed by atoms with Crippen molar-refractivity contribution in [3.05, 3.63) is 29.1 Å². The third kappa shape index (κ3) is 2.25. The van der Waals surface area contributed by atoms with Crippen LogP contribution in [0.5, 0.6) is 0 Å². The molecule has 0 aromatic carbocycles. The predicted octanol–water partition coefficient (Wildman–Crippen LogP) is 3.07. The molecule has 1 aromatic rings. The zero-order valence-corrected chi connectivity index (χ0v) is 9.42. The summed E-state index contributed by atoms with van der Waals surface area (Å²) >= 11 is 0. The van der Waals surface area contributed by atoms with Crippen LogP contribution in [0, 0.1) is 19.8 Å². The molecule has 0 atom stereocenters. The van der Waals surface area contributed by atoms with E-state index in [1.165, 1.54) is 12.8 Å². The Hall–Kier alpha value is -1.18. The van der Waals surface area contributed by atoms with Crippen LogP contribution in [0.1, 0.15) is 47.4 Å². The first-order chi connectivity index (χ1) is 7.16. The van der Waals surface area contributed by atoms with Gasteiger partial charge < -0.3 is 0 Å². The molecule has 0 spiro atoms. The molecular weight excluding hydrogens is 186 g/mol. The third-order valence-corrected chi connectivity index (χ3v) is 3.09. The molecular formula is C13H17NO. The normalized spacial score (nSPS) is 16.9. The molecule has 1 aliphatic rings. The van der Waals surface area contributed by atoms with E-state index in [-0.39, 0.29) is 5.92 Å². The summed E-state index contributed by atoms with van der Waals surface area (Å²) in [7, 11) is 0. The summed E-state index contributed by atoms with van der Waals surface area (Å²) in [4.78, 5) is 16.4. The molecule has 2 heteroatoms. The highest BCUT2D eigenvalue weighted by Crippen LogP contribution is 2.28. The van der Waals surface area contributed by atoms with E-state index >= 15 is 0 Å². The van der Waals surface area contributed by atoms with Crippen molar-refractivity contribution in [2.24, 2.45) is 5.92 Å². The van der Waals surface area contributed by atoms with Crippen LogP contribution in [0.25, 0.3) is 0 Å². The molecule has 0 N–H and O–H groups in total. The molecule has 0 unspecified atom stereocenters. The van der Waals surface area contributed by atoms with Crippen molar-refractivity contribution in [1.29, 1.82) is 0 Å². The zero-order chi connectivity index (χ0) is 10.8. The second-order valence-corrected chi connectivity index (χ2v) is 4.48. The molecule has 80 valence electrons. The van der Waals surface area contributed by atoms with E-state index in [4.69, 9.17) is 0 Å². The van der Waals surface area contributed by atoms with Crippen LogP contribution in [-0.2, 0) is 0 Å². The van der Waals surface area contributed by atoms with Crippen LogP contribution >= 0.6 is 0 Å². The maximum absolute atomic E-state index is 12.1. The Bertz CT molecular complexity index is 358. The maximum atomic E-state index is 12.1. The molecule has 0 amide bonds. The Balaban J connectivity index is 2.24. The van der Waals surface area contributed by atoms with E-state index in [9.17, 15) is 4.79 Å². The second kappa shape index (κ2) is 4.13. The average Bonchev–Trinajstić information content (AvgIpc) is 2.67. The van der Waals surface area contributed by atoms with Gasteiger partial charge in [0, 0.05) is 22.9 Å². The van der Waals surface area contributed by atoms with E-state index in [1.54, 1.807) is 0 Å². The number of Topliss-reactive ketones (excluding diaryl/α,β-unsaturated/α-hetero) is 1. The van der Waals surface area contributed by atoms with Gasteiger partial charge in [-0.2, -0.15) is 0 Å². The number of hydrogen-bond donors (Lipinski definition) is 0.